The second-order valence-corrected chi connectivity index (χ2v) is 13.2. The van der Waals surface area contributed by atoms with Gasteiger partial charge in [0.1, 0.15) is 42.6 Å². The first-order chi connectivity index (χ1) is 22.9. The molecule has 20 nitrogen and oxygen atoms in total. The number of hydrogen-bond acceptors (Lipinski definition) is 15. The van der Waals surface area contributed by atoms with Crippen molar-refractivity contribution < 1.29 is 42.0 Å². The van der Waals surface area contributed by atoms with Gasteiger partial charge in [-0.25, -0.2) is 19.1 Å². The molecule has 0 radical (unpaired) electrons. The Morgan fingerprint density at radius 3 is 2.56 bits per heavy atom. The second kappa shape index (κ2) is 13.1. The maximum absolute atomic E-state index is 13.4. The number of carbonyl (C=O) groups excluding carboxylic acids is 2. The van der Waals surface area contributed by atoms with Crippen LogP contribution in [0.4, 0.5) is 5.13 Å². The number of amides is 2. The van der Waals surface area contributed by atoms with E-state index >= 15 is 0 Å². The number of aromatic nitrogens is 4. The third kappa shape index (κ3) is 6.90. The van der Waals surface area contributed by atoms with Gasteiger partial charge in [-0.3, -0.25) is 24.2 Å². The molecule has 2 unspecified atom stereocenters. The van der Waals surface area contributed by atoms with Crippen LogP contribution in [0.25, 0.3) is 0 Å². The highest BCUT2D eigenvalue weighted by molar-refractivity contribution is 7.84. The number of amidine groups is 1. The molecule has 6 atom stereocenters. The Hall–Kier alpha value is -5.19. The molecule has 22 heteroatoms. The molecule has 2 saturated heterocycles. The number of nitrogens with one attached hydrogen (secondary N) is 4. The van der Waals surface area contributed by atoms with Gasteiger partial charge in [0.15, 0.2) is 10.8 Å². The minimum atomic E-state index is -4.98. The molecule has 48 heavy (non-hydrogen) atoms. The number of benzene rings is 1. The number of nitrogens with two attached hydrogens (primary N) is 1. The summed E-state index contributed by atoms with van der Waals surface area (Å²) < 4.78 is 40.2. The summed E-state index contributed by atoms with van der Waals surface area (Å²) in [4.78, 5) is 50.9. The molecule has 3 aliphatic rings. The van der Waals surface area contributed by atoms with E-state index in [0.29, 0.717) is 17.4 Å². The number of hydrogen-bond donors (Lipinski definition) is 7. The first-order valence-electron chi connectivity index (χ1n) is 14.3. The van der Waals surface area contributed by atoms with Crippen molar-refractivity contribution in [3.63, 3.8) is 0 Å². The molecule has 2 amide bonds. The SMILES string of the molecule is N=C(N[C@@H]1C2CNC[C@H]21)c1ccc(OC[C@H](O/N=C(\C(=O)NC2C(=O)N(S(=O)(=O)O)[C@H]2Cn2cncn2)c2csc(N)n2)C(=O)O)cc1. The zero-order valence-electron chi connectivity index (χ0n) is 24.7. The lowest BCUT2D eigenvalue weighted by atomic mass is 9.98. The fraction of sp³-hybridized carbons (Fsp3) is 0.385. The highest BCUT2D eigenvalue weighted by Gasteiger charge is 2.55. The molecule has 3 fully saturated rings. The van der Waals surface area contributed by atoms with Crippen LogP contribution >= 0.6 is 11.3 Å². The number of carbonyl (C=O) groups is 3. The zero-order chi connectivity index (χ0) is 34.2. The number of fused-ring (bicyclic) bond motifs is 1. The van der Waals surface area contributed by atoms with Crippen molar-refractivity contribution in [3.8, 4) is 5.75 Å². The third-order valence-electron chi connectivity index (χ3n) is 8.02. The van der Waals surface area contributed by atoms with Crippen LogP contribution in [0.3, 0.4) is 0 Å². The molecular formula is C26H29N11O9S2. The number of anilines is 1. The number of nitrogens with zero attached hydrogens (tertiary/aromatic N) is 6. The van der Waals surface area contributed by atoms with Crippen LogP contribution < -0.4 is 26.4 Å². The number of thiazole rings is 1. The highest BCUT2D eigenvalue weighted by Crippen LogP contribution is 2.41. The van der Waals surface area contributed by atoms with Crippen molar-refractivity contribution in [2.45, 2.75) is 30.8 Å². The smallest absolute Gasteiger partial charge is 0.362 e. The number of β-lactam (4-membered cyclic amide) rings is 1. The largest absolute Gasteiger partial charge is 0.489 e. The van der Waals surface area contributed by atoms with Crippen LogP contribution in [0.5, 0.6) is 5.75 Å². The van der Waals surface area contributed by atoms with Crippen molar-refractivity contribution >= 4 is 56.1 Å². The molecule has 1 aliphatic carbocycles. The average molecular weight is 704 g/mol. The van der Waals surface area contributed by atoms with E-state index in [9.17, 15) is 32.5 Å². The Kier molecular flexibility index (Phi) is 8.96. The van der Waals surface area contributed by atoms with Crippen LogP contribution in [-0.4, -0.2) is 115 Å². The maximum atomic E-state index is 13.4. The lowest BCUT2D eigenvalue weighted by molar-refractivity contribution is -0.152. The third-order valence-corrected chi connectivity index (χ3v) is 9.64. The fourth-order valence-electron chi connectivity index (χ4n) is 5.51. The van der Waals surface area contributed by atoms with Gasteiger partial charge in [-0.05, 0) is 36.1 Å². The summed E-state index contributed by atoms with van der Waals surface area (Å²) in [5, 5.41) is 35.9. The Morgan fingerprint density at radius 1 is 1.23 bits per heavy atom. The molecule has 6 rings (SSSR count). The first-order valence-corrected chi connectivity index (χ1v) is 16.6. The predicted octanol–water partition coefficient (Wildman–Crippen LogP) is -2.10. The fourth-order valence-corrected chi connectivity index (χ4v) is 6.92. The van der Waals surface area contributed by atoms with Gasteiger partial charge in [0.2, 0.25) is 0 Å². The predicted molar refractivity (Wildman–Crippen MR) is 165 cm³/mol. The number of nitrogen functional groups attached to an aromatic ring is 1. The van der Waals surface area contributed by atoms with Crippen molar-refractivity contribution in [3.05, 3.63) is 53.6 Å². The van der Waals surface area contributed by atoms with Gasteiger partial charge in [-0.2, -0.15) is 13.5 Å². The normalized spacial score (nSPS) is 23.9. The summed E-state index contributed by atoms with van der Waals surface area (Å²) in [6, 6.07) is 3.97. The molecule has 4 heterocycles. The van der Waals surface area contributed by atoms with Crippen LogP contribution in [0.2, 0.25) is 0 Å². The minimum absolute atomic E-state index is 0.0358. The first kappa shape index (κ1) is 32.7. The topological polar surface area (TPSA) is 289 Å². The van der Waals surface area contributed by atoms with Crippen LogP contribution in [0, 0.1) is 17.2 Å². The van der Waals surface area contributed by atoms with Gasteiger partial charge in [0.25, 0.3) is 17.9 Å². The van der Waals surface area contributed by atoms with E-state index in [4.69, 9.17) is 20.7 Å². The van der Waals surface area contributed by atoms with E-state index in [2.05, 4.69) is 36.2 Å². The van der Waals surface area contributed by atoms with E-state index < -0.39 is 58.6 Å². The number of rotatable bonds is 14. The van der Waals surface area contributed by atoms with E-state index in [-0.39, 0.29) is 39.3 Å². The number of carboxylic acids is 1. The summed E-state index contributed by atoms with van der Waals surface area (Å²) in [6.07, 6.45) is 0.691. The highest BCUT2D eigenvalue weighted by atomic mass is 32.2. The molecule has 2 aliphatic heterocycles. The average Bonchev–Trinajstić information content (AvgIpc) is 3.57. The van der Waals surface area contributed by atoms with Crippen molar-refractivity contribution in [2.24, 2.45) is 17.0 Å². The Bertz CT molecular complexity index is 1840. The molecule has 3 aromatic rings. The number of aliphatic carboxylic acids is 1. The maximum Gasteiger partial charge on any atom is 0.362 e. The summed E-state index contributed by atoms with van der Waals surface area (Å²) in [5.74, 6) is -2.09. The number of ether oxygens (including phenoxy) is 1. The van der Waals surface area contributed by atoms with Gasteiger partial charge in [-0.15, -0.1) is 11.3 Å². The molecule has 2 aromatic heterocycles. The van der Waals surface area contributed by atoms with E-state index in [1.807, 2.05) is 0 Å². The Morgan fingerprint density at radius 2 is 1.96 bits per heavy atom. The zero-order valence-corrected chi connectivity index (χ0v) is 26.3. The molecule has 1 saturated carbocycles. The lowest BCUT2D eigenvalue weighted by Crippen LogP contribution is -2.73. The van der Waals surface area contributed by atoms with Crippen molar-refractivity contribution in [1.82, 2.24) is 40.0 Å². The monoisotopic (exact) mass is 703 g/mol. The Balaban J connectivity index is 1.11. The number of oxime groups is 1. The lowest BCUT2D eigenvalue weighted by Gasteiger charge is -2.43. The summed E-state index contributed by atoms with van der Waals surface area (Å²) >= 11 is 0.939. The number of carboxylic acid groups (broad SMARTS) is 1. The van der Waals surface area contributed by atoms with Crippen LogP contribution in [0.1, 0.15) is 11.3 Å². The quantitative estimate of drug-likeness (QED) is 0.0311. The summed E-state index contributed by atoms with van der Waals surface area (Å²) in [6.45, 7) is 1.07. The van der Waals surface area contributed by atoms with Gasteiger partial charge in [0, 0.05) is 30.1 Å². The van der Waals surface area contributed by atoms with Gasteiger partial charge >= 0.3 is 16.3 Å². The van der Waals surface area contributed by atoms with Gasteiger partial charge in [-0.1, -0.05) is 5.16 Å². The molecule has 1 aromatic carbocycles. The number of piperidine rings is 1. The van der Waals surface area contributed by atoms with Crippen molar-refractivity contribution in [2.75, 3.05) is 25.4 Å². The van der Waals surface area contributed by atoms with Gasteiger partial charge in [0.05, 0.1) is 12.6 Å². The van der Waals surface area contributed by atoms with E-state index in [0.717, 1.165) is 24.4 Å². The molecular weight excluding hydrogens is 674 g/mol. The van der Waals surface area contributed by atoms with Crippen LogP contribution in [0.15, 0.2) is 47.5 Å². The molecule has 8 N–H and O–H groups in total. The minimum Gasteiger partial charge on any atom is -0.489 e. The van der Waals surface area contributed by atoms with Gasteiger partial charge < -0.3 is 36.4 Å². The van der Waals surface area contributed by atoms with E-state index in [1.165, 1.54) is 22.7 Å². The van der Waals surface area contributed by atoms with Crippen LogP contribution in [-0.2, 0) is 36.1 Å². The summed E-state index contributed by atoms with van der Waals surface area (Å²) in [5.41, 5.74) is 5.64. The van der Waals surface area contributed by atoms with Crippen molar-refractivity contribution in [1.29, 1.82) is 5.41 Å². The second-order valence-electron chi connectivity index (χ2n) is 11.1. The standard InChI is InChI=1S/C26H29N11O9S2/c27-22(33-19-14-5-29-6-15(14)19)12-1-3-13(4-2-12)45-8-18(25(40)41)46-35-20(16-9-47-26(28)32-16)23(38)34-21-17(7-36-11-30-10-31-36)37(24(21)39)48(42,43)44/h1-4,9-11,14-15,17-19,21,29H,5-8H2,(H2,27,33)(H2,28,32)(H,34,38)(H,40,41)(H,42,43,44)/b35-20-/t14-,15?,17+,18+,19+,21?/m1/s1. The Labute approximate surface area is 275 Å². The molecule has 254 valence electrons. The summed E-state index contributed by atoms with van der Waals surface area (Å²) in [7, 11) is -4.98. The van der Waals surface area contributed by atoms with E-state index in [1.54, 1.807) is 24.3 Å². The molecule has 0 spiro atoms. The molecule has 0 bridgehead atoms.